The highest BCUT2D eigenvalue weighted by molar-refractivity contribution is 6.07. The van der Waals surface area contributed by atoms with E-state index in [9.17, 15) is 0 Å². The summed E-state index contributed by atoms with van der Waals surface area (Å²) in [6.45, 7) is 1.35. The fourth-order valence-corrected chi connectivity index (χ4v) is 3.33. The van der Waals surface area contributed by atoms with Crippen molar-refractivity contribution in [1.29, 1.82) is 0 Å². The summed E-state index contributed by atoms with van der Waals surface area (Å²) in [6, 6.07) is 30.4. The fraction of sp³-hybridized carbons (Fsp3) is 0.0769. The Morgan fingerprint density at radius 3 is 2.03 bits per heavy atom. The number of para-hydroxylation sites is 1. The van der Waals surface area contributed by atoms with Gasteiger partial charge in [0, 0.05) is 16.3 Å². The minimum atomic E-state index is 0.639. The maximum absolute atomic E-state index is 8.48. The van der Waals surface area contributed by atoms with Crippen molar-refractivity contribution < 1.29 is 9.94 Å². The van der Waals surface area contributed by atoms with Gasteiger partial charge in [-0.1, -0.05) is 84.0 Å². The number of hydrogen-bond donors (Lipinski definition) is 2. The van der Waals surface area contributed by atoms with Gasteiger partial charge >= 0.3 is 0 Å². The third-order valence-electron chi connectivity index (χ3n) is 4.82. The minimum Gasteiger partial charge on any atom is -0.411 e. The van der Waals surface area contributed by atoms with Gasteiger partial charge in [-0.05, 0) is 23.3 Å². The van der Waals surface area contributed by atoms with E-state index in [4.69, 9.17) is 9.94 Å². The summed E-state index contributed by atoms with van der Waals surface area (Å²) >= 11 is 0. The van der Waals surface area contributed by atoms with Gasteiger partial charge in [-0.25, -0.2) is 0 Å². The molecule has 5 nitrogen and oxygen atoms in total. The zero-order valence-corrected chi connectivity index (χ0v) is 17.0. The second kappa shape index (κ2) is 10.2. The number of ether oxygens (including phenoxy) is 1. The van der Waals surface area contributed by atoms with Crippen LogP contribution in [0.4, 0.5) is 0 Å². The number of nitrogens with zero attached hydrogens (tertiary/aromatic N) is 2. The van der Waals surface area contributed by atoms with Gasteiger partial charge in [0.25, 0.3) is 0 Å². The van der Waals surface area contributed by atoms with Crippen LogP contribution < -0.4 is 0 Å². The number of hydrogen-bond acceptors (Lipinski definition) is 4. The number of aromatic nitrogens is 2. The molecule has 0 atom stereocenters. The largest absolute Gasteiger partial charge is 0.411 e. The van der Waals surface area contributed by atoms with Crippen molar-refractivity contribution in [1.82, 2.24) is 9.97 Å². The summed E-state index contributed by atoms with van der Waals surface area (Å²) in [7, 11) is 0. The van der Waals surface area contributed by atoms with Crippen molar-refractivity contribution in [3.05, 3.63) is 114 Å². The molecule has 154 valence electrons. The van der Waals surface area contributed by atoms with Crippen LogP contribution in [0.15, 0.2) is 102 Å². The molecule has 5 heteroatoms. The molecule has 31 heavy (non-hydrogen) atoms. The molecule has 5 rings (SSSR count). The monoisotopic (exact) mass is 409 g/mol. The third-order valence-corrected chi connectivity index (χ3v) is 4.82. The Morgan fingerprint density at radius 1 is 0.774 bits per heavy atom. The predicted octanol–water partition coefficient (Wildman–Crippen LogP) is 5.93. The van der Waals surface area contributed by atoms with Gasteiger partial charge in [-0.3, -0.25) is 4.98 Å². The van der Waals surface area contributed by atoms with Crippen LogP contribution in [0.5, 0.6) is 0 Å². The summed E-state index contributed by atoms with van der Waals surface area (Å²) in [5.74, 6) is 0. The van der Waals surface area contributed by atoms with Crippen LogP contribution in [0.25, 0.3) is 21.8 Å². The summed E-state index contributed by atoms with van der Waals surface area (Å²) in [4.78, 5) is 7.43. The lowest BCUT2D eigenvalue weighted by Crippen LogP contribution is -1.93. The Kier molecular flexibility index (Phi) is 6.67. The van der Waals surface area contributed by atoms with E-state index < -0.39 is 0 Å². The lowest BCUT2D eigenvalue weighted by atomic mass is 10.2. The maximum atomic E-state index is 8.48. The molecule has 0 saturated carbocycles. The Morgan fingerprint density at radius 2 is 1.39 bits per heavy atom. The smallest absolute Gasteiger partial charge is 0.0918 e. The first-order valence-electron chi connectivity index (χ1n) is 10.0. The molecule has 0 amide bonds. The summed E-state index contributed by atoms with van der Waals surface area (Å²) in [5, 5.41) is 13.7. The number of oxime groups is 1. The van der Waals surface area contributed by atoms with E-state index in [2.05, 4.69) is 39.4 Å². The van der Waals surface area contributed by atoms with Crippen LogP contribution in [0, 0.1) is 0 Å². The molecular formula is C26H23N3O2. The highest BCUT2D eigenvalue weighted by Crippen LogP contribution is 2.24. The van der Waals surface area contributed by atoms with Crippen molar-refractivity contribution in [2.24, 2.45) is 5.16 Å². The maximum Gasteiger partial charge on any atom is 0.0918 e. The molecule has 0 aliphatic rings. The lowest BCUT2D eigenvalue weighted by Gasteiger charge is -2.03. The summed E-state index contributed by atoms with van der Waals surface area (Å²) in [5.41, 5.74) is 5.13. The van der Waals surface area contributed by atoms with Crippen LogP contribution in [-0.4, -0.2) is 21.4 Å². The average molecular weight is 409 g/mol. The number of fused-ring (bicyclic) bond motifs is 3. The second-order valence-electron chi connectivity index (χ2n) is 7.03. The predicted molar refractivity (Wildman–Crippen MR) is 124 cm³/mol. The highest BCUT2D eigenvalue weighted by Gasteiger charge is 2.04. The minimum absolute atomic E-state index is 0.639. The summed E-state index contributed by atoms with van der Waals surface area (Å²) in [6.07, 6.45) is 3.06. The molecule has 3 aromatic carbocycles. The fourth-order valence-electron chi connectivity index (χ4n) is 3.33. The van der Waals surface area contributed by atoms with Crippen LogP contribution >= 0.6 is 0 Å². The van der Waals surface area contributed by atoms with E-state index in [0.29, 0.717) is 18.9 Å². The normalized spacial score (nSPS) is 11.0. The SMILES string of the molecule is ON=Cc1cc2c(cn1)[nH]c1ccccc12.c1ccc(COCc2ccccc2)cc1. The zero-order chi connectivity index (χ0) is 21.3. The van der Waals surface area contributed by atoms with Gasteiger partial charge in [0.15, 0.2) is 0 Å². The molecule has 0 fully saturated rings. The Labute approximate surface area is 180 Å². The molecule has 0 radical (unpaired) electrons. The quantitative estimate of drug-likeness (QED) is 0.215. The van der Waals surface area contributed by atoms with Crippen LogP contribution in [0.1, 0.15) is 16.8 Å². The Hall–Kier alpha value is -3.96. The first-order valence-corrected chi connectivity index (χ1v) is 10.0. The number of aromatic amines is 1. The van der Waals surface area contributed by atoms with Gasteiger partial charge < -0.3 is 14.9 Å². The van der Waals surface area contributed by atoms with Gasteiger partial charge in [0.1, 0.15) is 0 Å². The van der Waals surface area contributed by atoms with E-state index in [-0.39, 0.29) is 0 Å². The van der Waals surface area contributed by atoms with Gasteiger partial charge in [0.2, 0.25) is 0 Å². The molecule has 0 saturated heterocycles. The van der Waals surface area contributed by atoms with Crippen LogP contribution in [0.2, 0.25) is 0 Å². The van der Waals surface area contributed by atoms with Crippen molar-refractivity contribution >= 4 is 28.0 Å². The number of nitrogens with one attached hydrogen (secondary N) is 1. The van der Waals surface area contributed by atoms with E-state index in [1.165, 1.54) is 17.3 Å². The molecule has 0 unspecified atom stereocenters. The van der Waals surface area contributed by atoms with Crippen molar-refractivity contribution in [2.75, 3.05) is 0 Å². The van der Waals surface area contributed by atoms with Gasteiger partial charge in [-0.2, -0.15) is 0 Å². The molecule has 2 aromatic heterocycles. The first kappa shape index (κ1) is 20.3. The first-order chi connectivity index (χ1) is 15.3. The van der Waals surface area contributed by atoms with E-state index >= 15 is 0 Å². The third kappa shape index (κ3) is 5.35. The van der Waals surface area contributed by atoms with Crippen LogP contribution in [0.3, 0.4) is 0 Å². The van der Waals surface area contributed by atoms with Crippen molar-refractivity contribution in [2.45, 2.75) is 13.2 Å². The molecule has 0 aliphatic heterocycles. The molecule has 2 heterocycles. The number of benzene rings is 3. The average Bonchev–Trinajstić information content (AvgIpc) is 3.19. The lowest BCUT2D eigenvalue weighted by molar-refractivity contribution is 0.107. The van der Waals surface area contributed by atoms with Gasteiger partial charge in [-0.15, -0.1) is 0 Å². The van der Waals surface area contributed by atoms with E-state index in [1.54, 1.807) is 6.20 Å². The topological polar surface area (TPSA) is 70.5 Å². The number of rotatable bonds is 5. The molecule has 2 N–H and O–H groups in total. The molecule has 0 bridgehead atoms. The summed E-state index contributed by atoms with van der Waals surface area (Å²) < 4.78 is 5.61. The molecule has 5 aromatic rings. The Balaban J connectivity index is 0.000000150. The number of pyridine rings is 1. The molecular weight excluding hydrogens is 386 g/mol. The standard InChI is InChI=1S/C14H14O.C12H9N3O/c1-3-7-13(8-4-1)11-15-12-14-9-5-2-6-10-14;16-14-6-8-5-10-9-3-1-2-4-11(9)15-12(10)7-13-8/h1-10H,11-12H2;1-7,15-16H. The van der Waals surface area contributed by atoms with Crippen molar-refractivity contribution in [3.8, 4) is 0 Å². The number of H-pyrrole nitrogens is 1. The van der Waals surface area contributed by atoms with Crippen molar-refractivity contribution in [3.63, 3.8) is 0 Å². The molecule has 0 aliphatic carbocycles. The van der Waals surface area contributed by atoms with Crippen LogP contribution in [-0.2, 0) is 18.0 Å². The Bertz CT molecular complexity index is 1230. The highest BCUT2D eigenvalue weighted by atomic mass is 16.5. The second-order valence-corrected chi connectivity index (χ2v) is 7.03. The van der Waals surface area contributed by atoms with Gasteiger partial charge in [0.05, 0.1) is 36.8 Å². The molecule has 0 spiro atoms. The van der Waals surface area contributed by atoms with E-state index in [0.717, 1.165) is 21.8 Å². The zero-order valence-electron chi connectivity index (χ0n) is 17.0. The van der Waals surface area contributed by atoms with E-state index in [1.807, 2.05) is 66.7 Å².